The predicted octanol–water partition coefficient (Wildman–Crippen LogP) is 1.83. The molecule has 6 aliphatic heterocycles. The highest BCUT2D eigenvalue weighted by molar-refractivity contribution is 8.01. The largest absolute Gasteiger partial charge is 0.479 e. The lowest BCUT2D eigenvalue weighted by molar-refractivity contribution is -0.0280. The lowest BCUT2D eigenvalue weighted by Crippen LogP contribution is -2.88. The van der Waals surface area contributed by atoms with Gasteiger partial charge in [0, 0.05) is 94.4 Å². The number of aliphatic hydroxyl groups excluding tert-OH is 8. The molecule has 0 aliphatic carbocycles. The molecule has 688 valence electrons. The van der Waals surface area contributed by atoms with E-state index in [1.807, 2.05) is 0 Å². The second kappa shape index (κ2) is 70.9. The molecule has 8 N–H and O–H groups in total. The number of hydrogen-bond donors (Lipinski definition) is 8. The zero-order valence-corrected chi connectivity index (χ0v) is 82.1. The van der Waals surface area contributed by atoms with Gasteiger partial charge in [-0.2, -0.15) is 94.1 Å². The molecule has 0 spiro atoms. The second-order valence-electron chi connectivity index (χ2n) is 25.2. The topological polar surface area (TPSA) is 420 Å². The summed E-state index contributed by atoms with van der Waals surface area (Å²) in [5.74, 6) is 8.09. The highest BCUT2D eigenvalue weighted by Gasteiger charge is 2.83. The maximum absolute atomic E-state index is 9.35. The van der Waals surface area contributed by atoms with Gasteiger partial charge in [0.2, 0.25) is 0 Å². The molecule has 6 fully saturated rings. The summed E-state index contributed by atoms with van der Waals surface area (Å²) in [5, 5.41) is 74.8. The average Bonchev–Trinajstić information content (AvgIpc) is 0.687. The quantitative estimate of drug-likeness (QED) is 0.0318. The van der Waals surface area contributed by atoms with Crippen LogP contribution in [0.3, 0.4) is 0 Å². The third kappa shape index (κ3) is 49.2. The van der Waals surface area contributed by atoms with E-state index >= 15 is 0 Å². The average molecular weight is 1960 g/mol. The Morgan fingerprint density at radius 1 is 0.129 bits per heavy atom. The van der Waals surface area contributed by atoms with Gasteiger partial charge in [0.1, 0.15) is 0 Å². The monoisotopic (exact) mass is 1960 g/mol. The third-order valence-electron chi connectivity index (χ3n) is 16.0. The summed E-state index contributed by atoms with van der Waals surface area (Å²) in [6.07, 6.45) is 0. The molecule has 0 radical (unpaired) electrons. The van der Waals surface area contributed by atoms with Crippen LogP contribution in [0.5, 0.6) is 0 Å². The van der Waals surface area contributed by atoms with Crippen molar-refractivity contribution in [3.63, 3.8) is 0 Å². The van der Waals surface area contributed by atoms with Crippen molar-refractivity contribution >= 4 is 165 Å². The van der Waals surface area contributed by atoms with Crippen LogP contribution in [0.4, 0.5) is 0 Å². The zero-order chi connectivity index (χ0) is 82.7. The van der Waals surface area contributed by atoms with Crippen molar-refractivity contribution in [1.82, 2.24) is 0 Å². The Kier molecular flexibility index (Phi) is 67.0. The maximum atomic E-state index is 9.35. The summed E-state index contributed by atoms with van der Waals surface area (Å²) < 4.78 is 192. The van der Waals surface area contributed by atoms with Crippen LogP contribution in [0, 0.1) is 0 Å². The van der Waals surface area contributed by atoms with E-state index in [-0.39, 0.29) is 154 Å². The number of ether oxygens (including phenoxy) is 16. The minimum atomic E-state index is -4.54. The van der Waals surface area contributed by atoms with Crippen molar-refractivity contribution in [3.05, 3.63) is 0 Å². The first-order valence-electron chi connectivity index (χ1n) is 40.1. The number of rotatable bonds is 88. The summed E-state index contributed by atoms with van der Waals surface area (Å²) in [7, 11) is -36.3. The molecule has 0 atom stereocenters. The molecule has 6 heterocycles. The Balaban J connectivity index is 1.79. The molecule has 0 unspecified atom stereocenters. The molecule has 6 rings (SSSR count). The molecule has 8 bridgehead atoms. The van der Waals surface area contributed by atoms with E-state index in [9.17, 15) is 40.9 Å². The fourth-order valence-electron chi connectivity index (χ4n) is 11.0. The third-order valence-corrected chi connectivity index (χ3v) is 63.2. The van der Waals surface area contributed by atoms with E-state index in [1.165, 1.54) is 0 Å². The van der Waals surface area contributed by atoms with Crippen LogP contribution in [0.15, 0.2) is 0 Å². The molecular formula is C64H136O36S8Si8. The number of hydrogen-bond acceptors (Lipinski definition) is 44. The molecule has 0 aromatic rings. The first kappa shape index (κ1) is 110. The summed E-state index contributed by atoms with van der Waals surface area (Å²) >= 11 is 13.1. The van der Waals surface area contributed by atoms with Crippen LogP contribution in [-0.2, 0) is 125 Å². The Morgan fingerprint density at radius 2 is 0.224 bits per heavy atom. The number of thioether (sulfide) groups is 8. The molecule has 0 aromatic heterocycles. The van der Waals surface area contributed by atoms with Crippen molar-refractivity contribution in [3.8, 4) is 0 Å². The molecular weight excluding hydrogens is 1830 g/mol. The van der Waals surface area contributed by atoms with Crippen molar-refractivity contribution in [2.24, 2.45) is 0 Å². The molecule has 0 aromatic carbocycles. The van der Waals surface area contributed by atoms with Gasteiger partial charge in [0.15, 0.2) is 0 Å². The van der Waals surface area contributed by atoms with Crippen molar-refractivity contribution in [1.29, 1.82) is 0 Å². The maximum Gasteiger partial charge on any atom is 0.479 e. The summed E-state index contributed by atoms with van der Waals surface area (Å²) in [5.41, 5.74) is 0. The normalized spacial score (nSPS) is 25.0. The fraction of sp³-hybridized carbons (Fsp3) is 1.00. The van der Waals surface area contributed by atoms with Crippen LogP contribution in [-0.4, -0.2) is 468 Å². The second-order valence-corrected chi connectivity index (χ2v) is 59.7. The van der Waals surface area contributed by atoms with Crippen molar-refractivity contribution in [2.45, 2.75) is 48.4 Å². The summed E-state index contributed by atoms with van der Waals surface area (Å²) in [4.78, 5) is 0. The Labute approximate surface area is 729 Å². The van der Waals surface area contributed by atoms with E-state index in [0.717, 1.165) is 0 Å². The molecule has 6 saturated heterocycles. The van der Waals surface area contributed by atoms with Crippen LogP contribution in [0.25, 0.3) is 0 Å². The van der Waals surface area contributed by atoms with E-state index in [1.54, 1.807) is 94.1 Å². The summed E-state index contributed by atoms with van der Waals surface area (Å²) in [6.45, 7) is 9.43. The lowest BCUT2D eigenvalue weighted by Gasteiger charge is -2.63. The minimum Gasteiger partial charge on any atom is -0.394 e. The van der Waals surface area contributed by atoms with E-state index in [2.05, 4.69) is 0 Å². The molecule has 6 aliphatic rings. The molecule has 52 heteroatoms. The highest BCUT2D eigenvalue weighted by atomic mass is 32.2. The van der Waals surface area contributed by atoms with Gasteiger partial charge in [-0.1, -0.05) is 0 Å². The van der Waals surface area contributed by atoms with Crippen LogP contribution in [0.1, 0.15) is 0 Å². The van der Waals surface area contributed by atoms with Gasteiger partial charge in [0.25, 0.3) is 0 Å². The van der Waals surface area contributed by atoms with Gasteiger partial charge in [-0.25, -0.2) is 0 Å². The Hall–Kier alpha value is 3.10. The fourth-order valence-corrected chi connectivity index (χ4v) is 72.7. The van der Waals surface area contributed by atoms with Gasteiger partial charge in [-0.3, -0.25) is 0 Å². The van der Waals surface area contributed by atoms with Gasteiger partial charge in [0.05, 0.1) is 264 Å². The van der Waals surface area contributed by atoms with Crippen LogP contribution in [0.2, 0.25) is 48.4 Å². The van der Waals surface area contributed by atoms with Crippen LogP contribution < -0.4 is 0 Å². The van der Waals surface area contributed by atoms with Gasteiger partial charge in [-0.15, -0.1) is 0 Å². The van der Waals surface area contributed by atoms with Crippen molar-refractivity contribution < 1.29 is 166 Å². The molecule has 0 saturated carbocycles. The first-order valence-corrected chi connectivity index (χ1v) is 64.8. The molecule has 36 nitrogen and oxygen atoms in total. The standard InChI is InChI=1S/C64H136O36S8Si8/c65-1-9-73-17-25-81-33-41-101-49-57-109-89-110(58-50-102-42-34-82-26-18-74-10-2-66)92-113(61-53-105-45-37-85-29-21-77-13-5-69)94-111(90-109,59-51-103-43-35-83-27-19-75-11-3-67)96-115(63-55-107-47-39-87-31-23-79-15-7-71)97-112(91-109,60-52-104-44-36-84-28-20-76-12-4-68)95-114(93-110,62-54-106-46-38-86-30-22-78-14-6-70)99-116(98-113,100-115)64-56-108-48-40-88-32-24-80-16-8-72/h65-72H,1-64H2. The Bertz CT molecular complexity index is 1780. The van der Waals surface area contributed by atoms with Crippen LogP contribution >= 0.6 is 94.1 Å². The van der Waals surface area contributed by atoms with E-state index in [4.69, 9.17) is 125 Å². The van der Waals surface area contributed by atoms with Gasteiger partial charge < -0.3 is 166 Å². The smallest absolute Gasteiger partial charge is 0.394 e. The molecule has 0 amide bonds. The van der Waals surface area contributed by atoms with Gasteiger partial charge >= 0.3 is 70.4 Å². The Morgan fingerprint density at radius 3 is 0.319 bits per heavy atom. The van der Waals surface area contributed by atoms with E-state index in [0.29, 0.717) is 251 Å². The molecule has 116 heavy (non-hydrogen) atoms. The van der Waals surface area contributed by atoms with Crippen molar-refractivity contribution in [2.75, 3.05) is 356 Å². The zero-order valence-electron chi connectivity index (χ0n) is 67.5. The summed E-state index contributed by atoms with van der Waals surface area (Å²) in [6, 6.07) is 1.54. The highest BCUT2D eigenvalue weighted by Crippen LogP contribution is 2.55. The minimum absolute atomic E-state index is 0.0904. The predicted molar refractivity (Wildman–Crippen MR) is 466 cm³/mol. The first-order chi connectivity index (χ1) is 57.0. The van der Waals surface area contributed by atoms with Gasteiger partial charge in [-0.05, 0) is 46.0 Å². The SMILES string of the molecule is OCCOCCOCCSCC[Si]12O[Si]3(CCSCCOCCOCCO)O[Si]4(CCSCCOCCOCCO)O[Si](CCSCCOCCOCCO)(O1)O[Si]1(CCSCCOCCOCCO)O[Si](CCSCCOCCOCCO)(O2)O[Si](CCSCCOCCOCCO)(O3)O[Si](CCSCCOCCOCCO)(O4)O1. The van der Waals surface area contributed by atoms with E-state index < -0.39 is 70.4 Å². The lowest BCUT2D eigenvalue weighted by atomic mass is 10.7. The number of aliphatic hydroxyl groups is 8.